The Morgan fingerprint density at radius 1 is 1.11 bits per heavy atom. The van der Waals surface area contributed by atoms with Crippen LogP contribution in [0.2, 0.25) is 0 Å². The molecule has 1 aliphatic rings. The third-order valence-electron chi connectivity index (χ3n) is 4.81. The molecule has 0 spiro atoms. The van der Waals surface area contributed by atoms with E-state index in [9.17, 15) is 0 Å². The summed E-state index contributed by atoms with van der Waals surface area (Å²) in [6, 6.07) is 12.2. The first kappa shape index (κ1) is 22.3. The fourth-order valence-corrected chi connectivity index (χ4v) is 3.30. The zero-order chi connectivity index (χ0) is 18.9. The summed E-state index contributed by atoms with van der Waals surface area (Å²) in [6.07, 6.45) is 5.73. The lowest BCUT2D eigenvalue weighted by atomic mass is 10.1. The Morgan fingerprint density at radius 2 is 1.86 bits per heavy atom. The minimum Gasteiger partial charge on any atom is -0.496 e. The van der Waals surface area contributed by atoms with E-state index in [0.29, 0.717) is 13.1 Å². The van der Waals surface area contributed by atoms with Gasteiger partial charge >= 0.3 is 0 Å². The second kappa shape index (κ2) is 11.7. The number of methoxy groups -OCH3 is 1. The van der Waals surface area contributed by atoms with Crippen LogP contribution in [0.4, 0.5) is 5.82 Å². The molecule has 0 saturated carbocycles. The van der Waals surface area contributed by atoms with Gasteiger partial charge in [-0.1, -0.05) is 18.2 Å². The number of aromatic nitrogens is 1. The number of guanidine groups is 1. The van der Waals surface area contributed by atoms with Crippen molar-refractivity contribution in [1.82, 2.24) is 15.6 Å². The molecule has 0 unspecified atom stereocenters. The van der Waals surface area contributed by atoms with Crippen LogP contribution in [-0.4, -0.2) is 38.2 Å². The number of hydrogen-bond donors (Lipinski definition) is 2. The first-order chi connectivity index (χ1) is 13.3. The SMILES string of the molecule is CN=C(NCc1ccnc(N2CCCCC2)c1)NCc1ccccc1OC.I. The molecule has 0 amide bonds. The van der Waals surface area contributed by atoms with Gasteiger partial charge in [-0.3, -0.25) is 4.99 Å². The normalized spacial score (nSPS) is 14.2. The Morgan fingerprint density at radius 3 is 2.61 bits per heavy atom. The van der Waals surface area contributed by atoms with Crippen molar-refractivity contribution in [2.24, 2.45) is 4.99 Å². The number of anilines is 1. The van der Waals surface area contributed by atoms with Crippen molar-refractivity contribution in [1.29, 1.82) is 0 Å². The van der Waals surface area contributed by atoms with E-state index in [1.165, 1.54) is 24.8 Å². The van der Waals surface area contributed by atoms with Crippen LogP contribution in [0.25, 0.3) is 0 Å². The predicted octanol–water partition coefficient (Wildman–Crippen LogP) is 3.56. The van der Waals surface area contributed by atoms with E-state index in [4.69, 9.17) is 4.74 Å². The molecule has 2 N–H and O–H groups in total. The molecule has 28 heavy (non-hydrogen) atoms. The molecule has 1 aromatic carbocycles. The highest BCUT2D eigenvalue weighted by Gasteiger charge is 2.12. The van der Waals surface area contributed by atoms with Gasteiger partial charge in [0, 0.05) is 45.0 Å². The number of aliphatic imine (C=N–C) groups is 1. The average molecular weight is 495 g/mol. The third-order valence-corrected chi connectivity index (χ3v) is 4.81. The smallest absolute Gasteiger partial charge is 0.191 e. The second-order valence-corrected chi connectivity index (χ2v) is 6.66. The molecule has 152 valence electrons. The molecular formula is C21H30IN5O. The van der Waals surface area contributed by atoms with Gasteiger partial charge in [-0.25, -0.2) is 4.98 Å². The Labute approximate surface area is 184 Å². The highest BCUT2D eigenvalue weighted by atomic mass is 127. The standard InChI is InChI=1S/C21H29N5O.HI/c1-22-21(25-16-18-8-4-5-9-19(18)27-2)24-15-17-10-11-23-20(14-17)26-12-6-3-7-13-26;/h4-5,8-11,14H,3,6-7,12-13,15-16H2,1-2H3,(H2,22,24,25);1H. The largest absolute Gasteiger partial charge is 0.496 e. The summed E-state index contributed by atoms with van der Waals surface area (Å²) in [4.78, 5) is 11.2. The van der Waals surface area contributed by atoms with Crippen molar-refractivity contribution >= 4 is 35.8 Å². The Bertz CT molecular complexity index is 762. The summed E-state index contributed by atoms with van der Waals surface area (Å²) in [6.45, 7) is 3.56. The molecule has 1 saturated heterocycles. The minimum atomic E-state index is 0. The lowest BCUT2D eigenvalue weighted by Gasteiger charge is -2.28. The summed E-state index contributed by atoms with van der Waals surface area (Å²) in [5.74, 6) is 2.71. The maximum absolute atomic E-state index is 5.40. The lowest BCUT2D eigenvalue weighted by Crippen LogP contribution is -2.36. The number of pyridine rings is 1. The number of para-hydroxylation sites is 1. The number of piperidine rings is 1. The van der Waals surface area contributed by atoms with Gasteiger partial charge in [0.2, 0.25) is 0 Å². The molecule has 1 aromatic heterocycles. The van der Waals surface area contributed by atoms with Crippen molar-refractivity contribution in [2.45, 2.75) is 32.4 Å². The number of nitrogens with one attached hydrogen (secondary N) is 2. The third kappa shape index (κ3) is 6.25. The zero-order valence-electron chi connectivity index (χ0n) is 16.6. The molecular weight excluding hydrogens is 465 g/mol. The van der Waals surface area contributed by atoms with Crippen LogP contribution in [0, 0.1) is 0 Å². The summed E-state index contributed by atoms with van der Waals surface area (Å²) < 4.78 is 5.40. The Balaban J connectivity index is 0.00000280. The predicted molar refractivity (Wildman–Crippen MR) is 126 cm³/mol. The maximum atomic E-state index is 5.40. The summed E-state index contributed by atoms with van der Waals surface area (Å²) in [5, 5.41) is 6.72. The van der Waals surface area contributed by atoms with Crippen LogP contribution >= 0.6 is 24.0 Å². The fraction of sp³-hybridized carbons (Fsp3) is 0.429. The number of rotatable bonds is 6. The van der Waals surface area contributed by atoms with Crippen molar-refractivity contribution in [3.63, 3.8) is 0 Å². The number of halogens is 1. The monoisotopic (exact) mass is 495 g/mol. The molecule has 2 aromatic rings. The lowest BCUT2D eigenvalue weighted by molar-refractivity contribution is 0.409. The number of nitrogens with zero attached hydrogens (tertiary/aromatic N) is 3. The van der Waals surface area contributed by atoms with Gasteiger partial charge in [0.15, 0.2) is 5.96 Å². The van der Waals surface area contributed by atoms with Gasteiger partial charge in [0.25, 0.3) is 0 Å². The first-order valence-corrected chi connectivity index (χ1v) is 9.56. The highest BCUT2D eigenvalue weighted by Crippen LogP contribution is 2.18. The molecule has 1 aliphatic heterocycles. The van der Waals surface area contributed by atoms with Crippen LogP contribution in [-0.2, 0) is 13.1 Å². The van der Waals surface area contributed by atoms with E-state index in [0.717, 1.165) is 36.2 Å². The van der Waals surface area contributed by atoms with E-state index < -0.39 is 0 Å². The fourth-order valence-electron chi connectivity index (χ4n) is 3.30. The molecule has 6 nitrogen and oxygen atoms in total. The van der Waals surface area contributed by atoms with E-state index in [1.54, 1.807) is 14.2 Å². The maximum Gasteiger partial charge on any atom is 0.191 e. The van der Waals surface area contributed by atoms with E-state index in [-0.39, 0.29) is 24.0 Å². The molecule has 0 aliphatic carbocycles. The molecule has 3 rings (SSSR count). The molecule has 7 heteroatoms. The van der Waals surface area contributed by atoms with Crippen LogP contribution in [0.1, 0.15) is 30.4 Å². The van der Waals surface area contributed by atoms with E-state index >= 15 is 0 Å². The van der Waals surface area contributed by atoms with Gasteiger partial charge in [-0.15, -0.1) is 24.0 Å². The molecule has 2 heterocycles. The number of hydrogen-bond acceptors (Lipinski definition) is 4. The van der Waals surface area contributed by atoms with Crippen LogP contribution < -0.4 is 20.3 Å². The van der Waals surface area contributed by atoms with Gasteiger partial charge < -0.3 is 20.3 Å². The van der Waals surface area contributed by atoms with Crippen molar-refractivity contribution < 1.29 is 4.74 Å². The Hall–Kier alpha value is -2.03. The van der Waals surface area contributed by atoms with Gasteiger partial charge in [0.1, 0.15) is 11.6 Å². The van der Waals surface area contributed by atoms with Crippen LogP contribution in [0.5, 0.6) is 5.75 Å². The van der Waals surface area contributed by atoms with E-state index in [2.05, 4.69) is 31.6 Å². The molecule has 0 radical (unpaired) electrons. The first-order valence-electron chi connectivity index (χ1n) is 9.56. The van der Waals surface area contributed by atoms with Gasteiger partial charge in [-0.2, -0.15) is 0 Å². The van der Waals surface area contributed by atoms with Gasteiger partial charge in [0.05, 0.1) is 7.11 Å². The van der Waals surface area contributed by atoms with E-state index in [1.807, 2.05) is 36.5 Å². The summed E-state index contributed by atoms with van der Waals surface area (Å²) >= 11 is 0. The van der Waals surface area contributed by atoms with Crippen molar-refractivity contribution in [2.75, 3.05) is 32.1 Å². The summed E-state index contributed by atoms with van der Waals surface area (Å²) in [5.41, 5.74) is 2.30. The summed E-state index contributed by atoms with van der Waals surface area (Å²) in [7, 11) is 3.47. The van der Waals surface area contributed by atoms with Crippen molar-refractivity contribution in [3.8, 4) is 5.75 Å². The van der Waals surface area contributed by atoms with Gasteiger partial charge in [-0.05, 0) is 43.0 Å². The van der Waals surface area contributed by atoms with Crippen LogP contribution in [0.3, 0.4) is 0 Å². The number of ether oxygens (including phenoxy) is 1. The number of benzene rings is 1. The molecule has 1 fully saturated rings. The average Bonchev–Trinajstić information content (AvgIpc) is 2.75. The van der Waals surface area contributed by atoms with Crippen molar-refractivity contribution in [3.05, 3.63) is 53.7 Å². The molecule has 0 atom stereocenters. The quantitative estimate of drug-likeness (QED) is 0.365. The Kier molecular flexibility index (Phi) is 9.33. The second-order valence-electron chi connectivity index (χ2n) is 6.66. The van der Waals surface area contributed by atoms with Crippen LogP contribution in [0.15, 0.2) is 47.6 Å². The molecule has 0 bridgehead atoms. The zero-order valence-corrected chi connectivity index (χ0v) is 19.0. The minimum absolute atomic E-state index is 0. The topological polar surface area (TPSA) is 61.8 Å². The highest BCUT2D eigenvalue weighted by molar-refractivity contribution is 14.0.